The molecule has 1 aliphatic rings. The number of aliphatic imine (C=N–C) groups is 1. The predicted octanol–water partition coefficient (Wildman–Crippen LogP) is 2.99. The topological polar surface area (TPSA) is 82.7 Å². The summed E-state index contributed by atoms with van der Waals surface area (Å²) in [6.07, 6.45) is 7.66. The molecule has 0 spiro atoms. The Hall–Kier alpha value is -2.43. The van der Waals surface area contributed by atoms with E-state index in [2.05, 4.69) is 43.7 Å². The largest absolute Gasteiger partial charge is 0.357 e. The lowest BCUT2D eigenvalue weighted by atomic mass is 10.1. The maximum Gasteiger partial charge on any atom is 0.191 e. The maximum atomic E-state index is 4.74. The highest BCUT2D eigenvalue weighted by Crippen LogP contribution is 2.18. The van der Waals surface area contributed by atoms with Gasteiger partial charge in [0.05, 0.1) is 13.1 Å². The van der Waals surface area contributed by atoms with Crippen molar-refractivity contribution < 1.29 is 0 Å². The number of piperidine rings is 1. The number of anilines is 1. The molecule has 2 N–H and O–H groups in total. The summed E-state index contributed by atoms with van der Waals surface area (Å²) < 4.78 is 1.98. The number of nitrogens with one attached hydrogen (secondary N) is 2. The molecule has 4 heterocycles. The zero-order valence-electron chi connectivity index (χ0n) is 17.3. The second kappa shape index (κ2) is 11.1. The van der Waals surface area contributed by atoms with Gasteiger partial charge < -0.3 is 15.5 Å². The van der Waals surface area contributed by atoms with Crippen LogP contribution in [0.1, 0.15) is 37.6 Å². The molecule has 9 heteroatoms. The summed E-state index contributed by atoms with van der Waals surface area (Å²) in [5, 5.41) is 15.1. The normalized spacial score (nSPS) is 14.4. The quantitative estimate of drug-likeness (QED) is 0.296. The molecule has 3 aromatic heterocycles. The van der Waals surface area contributed by atoms with E-state index in [9.17, 15) is 0 Å². The van der Waals surface area contributed by atoms with Gasteiger partial charge in [-0.05, 0) is 56.0 Å². The summed E-state index contributed by atoms with van der Waals surface area (Å²) in [7, 11) is 0. The zero-order chi connectivity index (χ0) is 19.9. The van der Waals surface area contributed by atoms with Crippen LogP contribution in [-0.2, 0) is 13.1 Å². The summed E-state index contributed by atoms with van der Waals surface area (Å²) in [5.41, 5.74) is 2.00. The number of pyridine rings is 2. The fourth-order valence-corrected chi connectivity index (χ4v) is 3.54. The molecular formula is C21H29IN8. The SMILES string of the molecule is CCNC(=NCc1ccnc(N2CCCCC2)c1)NCc1nnc2ccccn12.I. The Morgan fingerprint density at radius 1 is 1.10 bits per heavy atom. The number of guanidine groups is 1. The molecular weight excluding hydrogens is 491 g/mol. The second-order valence-corrected chi connectivity index (χ2v) is 7.16. The number of fused-ring (bicyclic) bond motifs is 1. The molecule has 0 atom stereocenters. The predicted molar refractivity (Wildman–Crippen MR) is 130 cm³/mol. The minimum absolute atomic E-state index is 0. The molecule has 0 bridgehead atoms. The van der Waals surface area contributed by atoms with E-state index in [0.29, 0.717) is 13.1 Å². The van der Waals surface area contributed by atoms with Crippen molar-refractivity contribution in [2.45, 2.75) is 39.3 Å². The van der Waals surface area contributed by atoms with Gasteiger partial charge in [0.1, 0.15) is 5.82 Å². The van der Waals surface area contributed by atoms with E-state index in [1.165, 1.54) is 19.3 Å². The summed E-state index contributed by atoms with van der Waals surface area (Å²) >= 11 is 0. The molecule has 0 amide bonds. The number of nitrogens with zero attached hydrogens (tertiary/aromatic N) is 6. The molecule has 8 nitrogen and oxygen atoms in total. The Morgan fingerprint density at radius 2 is 1.97 bits per heavy atom. The van der Waals surface area contributed by atoms with Crippen molar-refractivity contribution in [3.05, 3.63) is 54.1 Å². The van der Waals surface area contributed by atoms with Gasteiger partial charge in [0.2, 0.25) is 0 Å². The van der Waals surface area contributed by atoms with E-state index in [-0.39, 0.29) is 24.0 Å². The van der Waals surface area contributed by atoms with Crippen molar-refractivity contribution in [2.24, 2.45) is 4.99 Å². The molecule has 0 radical (unpaired) electrons. The van der Waals surface area contributed by atoms with Gasteiger partial charge >= 0.3 is 0 Å². The summed E-state index contributed by atoms with van der Waals surface area (Å²) in [6, 6.07) is 10.1. The van der Waals surface area contributed by atoms with Crippen LogP contribution in [0.5, 0.6) is 0 Å². The van der Waals surface area contributed by atoms with Gasteiger partial charge in [0.25, 0.3) is 0 Å². The third-order valence-electron chi connectivity index (χ3n) is 5.05. The van der Waals surface area contributed by atoms with Gasteiger partial charge in [-0.15, -0.1) is 34.2 Å². The van der Waals surface area contributed by atoms with Crippen LogP contribution in [0.25, 0.3) is 5.65 Å². The Labute approximate surface area is 194 Å². The van der Waals surface area contributed by atoms with Crippen molar-refractivity contribution in [3.63, 3.8) is 0 Å². The van der Waals surface area contributed by atoms with Crippen LogP contribution < -0.4 is 15.5 Å². The second-order valence-electron chi connectivity index (χ2n) is 7.16. The van der Waals surface area contributed by atoms with Gasteiger partial charge in [-0.3, -0.25) is 4.40 Å². The molecule has 30 heavy (non-hydrogen) atoms. The molecule has 1 fully saturated rings. The lowest BCUT2D eigenvalue weighted by molar-refractivity contribution is 0.573. The lowest BCUT2D eigenvalue weighted by Crippen LogP contribution is -2.37. The van der Waals surface area contributed by atoms with Crippen LogP contribution in [0.3, 0.4) is 0 Å². The lowest BCUT2D eigenvalue weighted by Gasteiger charge is -2.27. The van der Waals surface area contributed by atoms with Gasteiger partial charge in [0, 0.05) is 32.0 Å². The van der Waals surface area contributed by atoms with Gasteiger partial charge in [-0.2, -0.15) is 0 Å². The molecule has 0 aromatic carbocycles. The van der Waals surface area contributed by atoms with Crippen LogP contribution in [0.15, 0.2) is 47.7 Å². The van der Waals surface area contributed by atoms with Crippen LogP contribution in [-0.4, -0.2) is 45.2 Å². The van der Waals surface area contributed by atoms with Crippen LogP contribution in [0, 0.1) is 0 Å². The van der Waals surface area contributed by atoms with Crippen molar-refractivity contribution in [1.29, 1.82) is 0 Å². The molecule has 3 aromatic rings. The number of hydrogen-bond donors (Lipinski definition) is 2. The highest BCUT2D eigenvalue weighted by Gasteiger charge is 2.12. The zero-order valence-corrected chi connectivity index (χ0v) is 19.6. The standard InChI is InChI=1S/C21H28N8.HI/c1-2-22-21(25-16-20-27-26-18-8-4-7-13-29(18)20)24-15-17-9-10-23-19(14-17)28-11-5-3-6-12-28;/h4,7-10,13-14H,2-3,5-6,11-12,15-16H2,1H3,(H2,22,24,25);1H. The van der Waals surface area contributed by atoms with E-state index in [1.54, 1.807) is 0 Å². The van der Waals surface area contributed by atoms with Crippen molar-refractivity contribution in [1.82, 2.24) is 30.2 Å². The molecule has 0 unspecified atom stereocenters. The van der Waals surface area contributed by atoms with Gasteiger partial charge in [-0.25, -0.2) is 9.98 Å². The fraction of sp³-hybridized carbons (Fsp3) is 0.429. The van der Waals surface area contributed by atoms with E-state index in [1.807, 2.05) is 41.1 Å². The Kier molecular flexibility index (Phi) is 8.23. The number of rotatable bonds is 6. The third-order valence-corrected chi connectivity index (χ3v) is 5.05. The smallest absolute Gasteiger partial charge is 0.191 e. The van der Waals surface area contributed by atoms with Gasteiger partial charge in [0.15, 0.2) is 17.4 Å². The fourth-order valence-electron chi connectivity index (χ4n) is 3.54. The summed E-state index contributed by atoms with van der Waals surface area (Å²) in [5.74, 6) is 2.67. The molecule has 0 saturated carbocycles. The molecule has 1 saturated heterocycles. The van der Waals surface area contributed by atoms with E-state index >= 15 is 0 Å². The third kappa shape index (κ3) is 5.59. The first-order valence-corrected chi connectivity index (χ1v) is 10.3. The number of aromatic nitrogens is 4. The molecule has 160 valence electrons. The van der Waals surface area contributed by atoms with E-state index < -0.39 is 0 Å². The van der Waals surface area contributed by atoms with E-state index in [4.69, 9.17) is 4.99 Å². The number of hydrogen-bond acceptors (Lipinski definition) is 5. The van der Waals surface area contributed by atoms with E-state index in [0.717, 1.165) is 48.4 Å². The minimum atomic E-state index is 0. The van der Waals surface area contributed by atoms with Crippen molar-refractivity contribution >= 4 is 41.4 Å². The monoisotopic (exact) mass is 520 g/mol. The first-order valence-electron chi connectivity index (χ1n) is 10.3. The summed E-state index contributed by atoms with van der Waals surface area (Å²) in [4.78, 5) is 11.7. The van der Waals surface area contributed by atoms with Crippen molar-refractivity contribution in [2.75, 3.05) is 24.5 Å². The first-order chi connectivity index (χ1) is 14.3. The van der Waals surface area contributed by atoms with Gasteiger partial charge in [-0.1, -0.05) is 6.07 Å². The first kappa shape index (κ1) is 22.3. The molecule has 4 rings (SSSR count). The average Bonchev–Trinajstić information content (AvgIpc) is 3.20. The minimum Gasteiger partial charge on any atom is -0.357 e. The number of halogens is 1. The van der Waals surface area contributed by atoms with Crippen LogP contribution >= 0.6 is 24.0 Å². The molecule has 1 aliphatic heterocycles. The molecule has 0 aliphatic carbocycles. The highest BCUT2D eigenvalue weighted by atomic mass is 127. The average molecular weight is 520 g/mol. The Morgan fingerprint density at radius 3 is 2.80 bits per heavy atom. The van der Waals surface area contributed by atoms with Crippen LogP contribution in [0.4, 0.5) is 5.82 Å². The van der Waals surface area contributed by atoms with Crippen LogP contribution in [0.2, 0.25) is 0 Å². The highest BCUT2D eigenvalue weighted by molar-refractivity contribution is 14.0. The van der Waals surface area contributed by atoms with Crippen molar-refractivity contribution in [3.8, 4) is 0 Å². The Bertz CT molecular complexity index is 964. The maximum absolute atomic E-state index is 4.74. The summed E-state index contributed by atoms with van der Waals surface area (Å²) in [6.45, 7) is 6.18. The Balaban J connectivity index is 0.00000256.